The van der Waals surface area contributed by atoms with Crippen molar-refractivity contribution in [3.63, 3.8) is 0 Å². The van der Waals surface area contributed by atoms with Gasteiger partial charge in [-0.25, -0.2) is 4.98 Å². The lowest BCUT2D eigenvalue weighted by atomic mass is 9.99. The number of carbonyl (C=O) groups is 1. The molecule has 1 aliphatic heterocycles. The maximum Gasteiger partial charge on any atom is 0.252 e. The van der Waals surface area contributed by atoms with Crippen molar-refractivity contribution in [1.82, 2.24) is 20.1 Å². The van der Waals surface area contributed by atoms with Crippen molar-refractivity contribution in [3.05, 3.63) is 65.5 Å². The molecule has 0 aliphatic carbocycles. The normalized spacial score (nSPS) is 15.7. The first kappa shape index (κ1) is 17.5. The van der Waals surface area contributed by atoms with Gasteiger partial charge in [-0.1, -0.05) is 18.2 Å². The number of fused-ring (bicyclic) bond motifs is 2. The zero-order valence-electron chi connectivity index (χ0n) is 16.2. The molecule has 0 saturated heterocycles. The third-order valence-corrected chi connectivity index (χ3v) is 5.25. The zero-order chi connectivity index (χ0) is 20.0. The fourth-order valence-electron chi connectivity index (χ4n) is 3.90. The molecule has 0 bridgehead atoms. The molecule has 1 N–H and O–H groups in total. The predicted molar refractivity (Wildman–Crippen MR) is 108 cm³/mol. The fraction of sp³-hybridized carbons (Fsp3) is 0.227. The molecule has 1 amide bonds. The maximum absolute atomic E-state index is 13.4. The summed E-state index contributed by atoms with van der Waals surface area (Å²) < 4.78 is 12.9. The van der Waals surface area contributed by atoms with Crippen LogP contribution in [0.15, 0.2) is 53.1 Å². The van der Waals surface area contributed by atoms with Gasteiger partial charge >= 0.3 is 0 Å². The number of nitrogens with zero attached hydrogens (tertiary/aromatic N) is 3. The number of hydrogen-bond donors (Lipinski definition) is 1. The number of rotatable bonds is 3. The van der Waals surface area contributed by atoms with Crippen LogP contribution < -0.4 is 10.1 Å². The number of furan rings is 1. The van der Waals surface area contributed by atoms with Crippen LogP contribution in [0.5, 0.6) is 5.75 Å². The lowest BCUT2D eigenvalue weighted by molar-refractivity contribution is 0.0926. The van der Waals surface area contributed by atoms with Crippen LogP contribution >= 0.6 is 0 Å². The van der Waals surface area contributed by atoms with Gasteiger partial charge in [-0.2, -0.15) is 5.10 Å². The number of pyridine rings is 1. The van der Waals surface area contributed by atoms with Crippen LogP contribution in [0.25, 0.3) is 22.5 Å². The van der Waals surface area contributed by atoms with Crippen molar-refractivity contribution < 1.29 is 13.9 Å². The summed E-state index contributed by atoms with van der Waals surface area (Å²) in [5, 5.41) is 8.39. The third-order valence-electron chi connectivity index (χ3n) is 5.25. The summed E-state index contributed by atoms with van der Waals surface area (Å²) in [7, 11) is 1.82. The predicted octanol–water partition coefficient (Wildman–Crippen LogP) is 3.79. The van der Waals surface area contributed by atoms with Gasteiger partial charge in [0.05, 0.1) is 35.6 Å². The summed E-state index contributed by atoms with van der Waals surface area (Å²) in [5.41, 5.74) is 3.54. The average molecular weight is 388 g/mol. The lowest BCUT2D eigenvalue weighted by Crippen LogP contribution is -2.32. The maximum atomic E-state index is 13.4. The SMILES string of the molecule is Cc1nn(C)c2nc(-c3ccco3)cc(C(=O)NC3CCOc4ccccc43)c12. The first-order chi connectivity index (χ1) is 14.1. The largest absolute Gasteiger partial charge is 0.493 e. The molecule has 29 heavy (non-hydrogen) atoms. The van der Waals surface area contributed by atoms with Gasteiger partial charge in [0.2, 0.25) is 0 Å². The highest BCUT2D eigenvalue weighted by atomic mass is 16.5. The van der Waals surface area contributed by atoms with Gasteiger partial charge in [-0.15, -0.1) is 0 Å². The number of para-hydroxylation sites is 1. The molecule has 0 radical (unpaired) electrons. The molecule has 3 aromatic heterocycles. The topological polar surface area (TPSA) is 82.2 Å². The van der Waals surface area contributed by atoms with Crippen LogP contribution in [0.4, 0.5) is 0 Å². The molecule has 1 aromatic carbocycles. The van der Waals surface area contributed by atoms with E-state index in [-0.39, 0.29) is 11.9 Å². The molecule has 0 saturated carbocycles. The molecule has 4 aromatic rings. The second-order valence-corrected chi connectivity index (χ2v) is 7.14. The molecular formula is C22H20N4O3. The van der Waals surface area contributed by atoms with Gasteiger partial charge in [0.25, 0.3) is 5.91 Å². The number of amides is 1. The van der Waals surface area contributed by atoms with Crippen molar-refractivity contribution in [3.8, 4) is 17.2 Å². The van der Waals surface area contributed by atoms with Crippen molar-refractivity contribution in [2.24, 2.45) is 7.05 Å². The van der Waals surface area contributed by atoms with Gasteiger partial charge in [0.1, 0.15) is 11.4 Å². The number of aryl methyl sites for hydroxylation is 2. The summed E-state index contributed by atoms with van der Waals surface area (Å²) in [6.45, 7) is 2.45. The molecule has 7 heteroatoms. The van der Waals surface area contributed by atoms with Crippen LogP contribution in [0.3, 0.4) is 0 Å². The van der Waals surface area contributed by atoms with E-state index in [1.165, 1.54) is 0 Å². The molecule has 146 valence electrons. The molecule has 1 atom stereocenters. The van der Waals surface area contributed by atoms with E-state index in [1.807, 2.05) is 44.3 Å². The van der Waals surface area contributed by atoms with E-state index in [0.717, 1.165) is 22.4 Å². The summed E-state index contributed by atoms with van der Waals surface area (Å²) >= 11 is 0. The van der Waals surface area contributed by atoms with Gasteiger partial charge in [-0.3, -0.25) is 9.48 Å². The minimum atomic E-state index is -0.164. The highest BCUT2D eigenvalue weighted by Crippen LogP contribution is 2.33. The van der Waals surface area contributed by atoms with E-state index in [4.69, 9.17) is 9.15 Å². The summed E-state index contributed by atoms with van der Waals surface area (Å²) in [4.78, 5) is 18.0. The number of ether oxygens (including phenoxy) is 1. The van der Waals surface area contributed by atoms with Crippen molar-refractivity contribution >= 4 is 16.9 Å². The molecule has 5 rings (SSSR count). The van der Waals surface area contributed by atoms with E-state index in [2.05, 4.69) is 15.4 Å². The Morgan fingerprint density at radius 2 is 2.10 bits per heavy atom. The third kappa shape index (κ3) is 2.95. The zero-order valence-corrected chi connectivity index (χ0v) is 16.2. The van der Waals surface area contributed by atoms with Crippen molar-refractivity contribution in [2.75, 3.05) is 6.61 Å². The van der Waals surface area contributed by atoms with Crippen LogP contribution in [0.1, 0.15) is 34.1 Å². The molecule has 1 unspecified atom stereocenters. The highest BCUT2D eigenvalue weighted by molar-refractivity contribution is 6.07. The Labute approximate surface area is 167 Å². The van der Waals surface area contributed by atoms with Gasteiger partial charge in [0.15, 0.2) is 11.4 Å². The van der Waals surface area contributed by atoms with Crippen molar-refractivity contribution in [1.29, 1.82) is 0 Å². The second-order valence-electron chi connectivity index (χ2n) is 7.14. The first-order valence-electron chi connectivity index (χ1n) is 9.52. The van der Waals surface area contributed by atoms with Crippen LogP contribution in [0.2, 0.25) is 0 Å². The highest BCUT2D eigenvalue weighted by Gasteiger charge is 2.26. The Bertz CT molecular complexity index is 1210. The van der Waals surface area contributed by atoms with E-state index in [0.29, 0.717) is 35.7 Å². The minimum absolute atomic E-state index is 0.111. The van der Waals surface area contributed by atoms with Crippen LogP contribution in [0, 0.1) is 6.92 Å². The van der Waals surface area contributed by atoms with Crippen molar-refractivity contribution in [2.45, 2.75) is 19.4 Å². The van der Waals surface area contributed by atoms with Gasteiger partial charge < -0.3 is 14.5 Å². The fourth-order valence-corrected chi connectivity index (χ4v) is 3.90. The molecule has 4 heterocycles. The second kappa shape index (κ2) is 6.77. The quantitative estimate of drug-likeness (QED) is 0.577. The Hall–Kier alpha value is -3.61. The Morgan fingerprint density at radius 1 is 1.24 bits per heavy atom. The number of hydrogen-bond acceptors (Lipinski definition) is 5. The van der Waals surface area contributed by atoms with E-state index < -0.39 is 0 Å². The number of carbonyl (C=O) groups excluding carboxylic acids is 1. The van der Waals surface area contributed by atoms with Crippen LogP contribution in [-0.2, 0) is 7.05 Å². The smallest absolute Gasteiger partial charge is 0.252 e. The molecule has 0 spiro atoms. The number of benzene rings is 1. The minimum Gasteiger partial charge on any atom is -0.493 e. The molecule has 1 aliphatic rings. The summed E-state index contributed by atoms with van der Waals surface area (Å²) in [6.07, 6.45) is 2.31. The summed E-state index contributed by atoms with van der Waals surface area (Å²) in [5.74, 6) is 1.26. The Morgan fingerprint density at radius 3 is 2.93 bits per heavy atom. The number of aromatic nitrogens is 3. The average Bonchev–Trinajstić information content (AvgIpc) is 3.36. The molecular weight excluding hydrogens is 368 g/mol. The van der Waals surface area contributed by atoms with Gasteiger partial charge in [0, 0.05) is 19.0 Å². The molecule has 0 fully saturated rings. The summed E-state index contributed by atoms with van der Waals surface area (Å²) in [6, 6.07) is 13.1. The van der Waals surface area contributed by atoms with E-state index in [9.17, 15) is 4.79 Å². The van der Waals surface area contributed by atoms with E-state index in [1.54, 1.807) is 23.1 Å². The first-order valence-corrected chi connectivity index (χ1v) is 9.52. The molecule has 7 nitrogen and oxygen atoms in total. The lowest BCUT2D eigenvalue weighted by Gasteiger charge is -2.26. The van der Waals surface area contributed by atoms with Crippen LogP contribution in [-0.4, -0.2) is 27.3 Å². The number of nitrogens with one attached hydrogen (secondary N) is 1. The van der Waals surface area contributed by atoms with E-state index >= 15 is 0 Å². The van der Waals surface area contributed by atoms with Gasteiger partial charge in [-0.05, 0) is 31.2 Å². The Kier molecular flexibility index (Phi) is 4.08. The standard InChI is InChI=1S/C22H20N4O3/c1-13-20-15(12-17(19-8-5-10-28-19)23-21(20)26(2)25-13)22(27)24-16-9-11-29-18-7-4-3-6-14(16)18/h3-8,10,12,16H,9,11H2,1-2H3,(H,24,27). The Balaban J connectivity index is 1.58. The monoisotopic (exact) mass is 388 g/mol.